The van der Waals surface area contributed by atoms with Gasteiger partial charge in [0.05, 0.1) is 16.6 Å². The van der Waals surface area contributed by atoms with Crippen LogP contribution in [0.15, 0.2) is 18.2 Å². The summed E-state index contributed by atoms with van der Waals surface area (Å²) in [7, 11) is 0. The summed E-state index contributed by atoms with van der Waals surface area (Å²) in [6, 6.07) is 5.06. The minimum absolute atomic E-state index is 0.0575. The molecule has 0 bridgehead atoms. The summed E-state index contributed by atoms with van der Waals surface area (Å²) in [4.78, 5) is 28.5. The molecule has 1 aromatic carbocycles. The SMILES string of the molecule is CC1CCN(C(=O)C2CC(=O)N(c3ccc(Cl)cc3Cl)C2)CC1. The quantitative estimate of drug-likeness (QED) is 0.813. The van der Waals surface area contributed by atoms with Gasteiger partial charge in [-0.15, -0.1) is 0 Å². The van der Waals surface area contributed by atoms with Gasteiger partial charge < -0.3 is 9.80 Å². The Morgan fingerprint density at radius 3 is 2.57 bits per heavy atom. The van der Waals surface area contributed by atoms with Gasteiger partial charge in [-0.25, -0.2) is 0 Å². The number of halogens is 2. The van der Waals surface area contributed by atoms with Gasteiger partial charge in [-0.3, -0.25) is 9.59 Å². The van der Waals surface area contributed by atoms with E-state index in [0.717, 1.165) is 25.9 Å². The summed E-state index contributed by atoms with van der Waals surface area (Å²) >= 11 is 12.1. The largest absolute Gasteiger partial charge is 0.342 e. The normalized spacial score (nSPS) is 22.7. The first-order valence-electron chi connectivity index (χ1n) is 8.00. The summed E-state index contributed by atoms with van der Waals surface area (Å²) < 4.78 is 0. The van der Waals surface area contributed by atoms with Gasteiger partial charge in [-0.05, 0) is 37.0 Å². The molecule has 1 unspecified atom stereocenters. The molecule has 6 heteroatoms. The van der Waals surface area contributed by atoms with Crippen molar-refractivity contribution in [2.75, 3.05) is 24.5 Å². The van der Waals surface area contributed by atoms with Crippen molar-refractivity contribution in [2.24, 2.45) is 11.8 Å². The number of piperidine rings is 1. The van der Waals surface area contributed by atoms with E-state index in [1.807, 2.05) is 4.90 Å². The Bertz CT molecular complexity index is 627. The maximum atomic E-state index is 12.7. The number of anilines is 1. The molecular weight excluding hydrogens is 335 g/mol. The molecule has 124 valence electrons. The van der Waals surface area contributed by atoms with Crippen LogP contribution in [0.1, 0.15) is 26.2 Å². The Morgan fingerprint density at radius 1 is 1.22 bits per heavy atom. The number of carbonyl (C=O) groups is 2. The van der Waals surface area contributed by atoms with Gasteiger partial charge in [0.2, 0.25) is 11.8 Å². The van der Waals surface area contributed by atoms with E-state index in [-0.39, 0.29) is 24.2 Å². The third-order valence-electron chi connectivity index (χ3n) is 4.77. The number of hydrogen-bond donors (Lipinski definition) is 0. The van der Waals surface area contributed by atoms with E-state index in [1.165, 1.54) is 0 Å². The fourth-order valence-electron chi connectivity index (χ4n) is 3.29. The van der Waals surface area contributed by atoms with Gasteiger partial charge in [-0.2, -0.15) is 0 Å². The highest BCUT2D eigenvalue weighted by molar-refractivity contribution is 6.36. The smallest absolute Gasteiger partial charge is 0.228 e. The second kappa shape index (κ2) is 6.70. The van der Waals surface area contributed by atoms with Crippen molar-refractivity contribution in [3.8, 4) is 0 Å². The molecule has 2 saturated heterocycles. The molecule has 0 spiro atoms. The van der Waals surface area contributed by atoms with Crippen LogP contribution in [-0.4, -0.2) is 36.3 Å². The lowest BCUT2D eigenvalue weighted by Gasteiger charge is -2.32. The van der Waals surface area contributed by atoms with Crippen molar-refractivity contribution < 1.29 is 9.59 Å². The topological polar surface area (TPSA) is 40.6 Å². The van der Waals surface area contributed by atoms with E-state index >= 15 is 0 Å². The summed E-state index contributed by atoms with van der Waals surface area (Å²) in [5, 5.41) is 0.964. The van der Waals surface area contributed by atoms with Crippen molar-refractivity contribution >= 4 is 40.7 Å². The summed E-state index contributed by atoms with van der Waals surface area (Å²) in [6.07, 6.45) is 2.34. The first kappa shape index (κ1) is 16.6. The Hall–Kier alpha value is -1.26. The molecule has 0 aromatic heterocycles. The van der Waals surface area contributed by atoms with E-state index in [2.05, 4.69) is 6.92 Å². The number of nitrogens with zero attached hydrogens (tertiary/aromatic N) is 2. The fourth-order valence-corrected chi connectivity index (χ4v) is 3.80. The number of carbonyl (C=O) groups excluding carboxylic acids is 2. The molecule has 0 aliphatic carbocycles. The zero-order valence-electron chi connectivity index (χ0n) is 13.1. The van der Waals surface area contributed by atoms with Gasteiger partial charge in [0.25, 0.3) is 0 Å². The molecule has 1 aromatic rings. The predicted octanol–water partition coefficient (Wildman–Crippen LogP) is 3.60. The fraction of sp³-hybridized carbons (Fsp3) is 0.529. The Kier molecular flexibility index (Phi) is 4.83. The monoisotopic (exact) mass is 354 g/mol. The van der Waals surface area contributed by atoms with E-state index < -0.39 is 0 Å². The number of rotatable bonds is 2. The molecule has 0 N–H and O–H groups in total. The van der Waals surface area contributed by atoms with Crippen LogP contribution in [-0.2, 0) is 9.59 Å². The molecule has 4 nitrogen and oxygen atoms in total. The van der Waals surface area contributed by atoms with Gasteiger partial charge >= 0.3 is 0 Å². The van der Waals surface area contributed by atoms with Crippen LogP contribution < -0.4 is 4.90 Å². The standard InChI is InChI=1S/C17H20Cl2N2O2/c1-11-4-6-20(7-5-11)17(23)12-8-16(22)21(10-12)15-3-2-13(18)9-14(15)19/h2-3,9,11-12H,4-8,10H2,1H3. The van der Waals surface area contributed by atoms with E-state index in [0.29, 0.717) is 28.2 Å². The van der Waals surface area contributed by atoms with Crippen LogP contribution in [0.3, 0.4) is 0 Å². The average Bonchev–Trinajstić information content (AvgIpc) is 2.89. The minimum atomic E-state index is -0.275. The second-order valence-corrected chi connectivity index (χ2v) is 7.35. The maximum absolute atomic E-state index is 12.7. The highest BCUT2D eigenvalue weighted by atomic mass is 35.5. The predicted molar refractivity (Wildman–Crippen MR) is 91.9 cm³/mol. The van der Waals surface area contributed by atoms with E-state index in [9.17, 15) is 9.59 Å². The average molecular weight is 355 g/mol. The van der Waals surface area contributed by atoms with Crippen molar-refractivity contribution in [1.29, 1.82) is 0 Å². The lowest BCUT2D eigenvalue weighted by atomic mass is 9.97. The van der Waals surface area contributed by atoms with Gasteiger partial charge in [-0.1, -0.05) is 30.1 Å². The van der Waals surface area contributed by atoms with Crippen LogP contribution >= 0.6 is 23.2 Å². The lowest BCUT2D eigenvalue weighted by Crippen LogP contribution is -2.42. The first-order valence-corrected chi connectivity index (χ1v) is 8.75. The maximum Gasteiger partial charge on any atom is 0.228 e. The number of hydrogen-bond acceptors (Lipinski definition) is 2. The molecule has 0 radical (unpaired) electrons. The molecule has 3 rings (SSSR count). The van der Waals surface area contributed by atoms with Crippen molar-refractivity contribution in [2.45, 2.75) is 26.2 Å². The molecule has 2 heterocycles. The molecule has 2 fully saturated rings. The summed E-state index contributed by atoms with van der Waals surface area (Å²) in [5.41, 5.74) is 0.628. The van der Waals surface area contributed by atoms with E-state index in [4.69, 9.17) is 23.2 Å². The van der Waals surface area contributed by atoms with Crippen molar-refractivity contribution in [3.63, 3.8) is 0 Å². The van der Waals surface area contributed by atoms with Crippen LogP contribution in [0, 0.1) is 11.8 Å². The molecule has 1 atom stereocenters. The summed E-state index contributed by atoms with van der Waals surface area (Å²) in [6.45, 7) is 4.20. The number of benzene rings is 1. The number of amides is 2. The van der Waals surface area contributed by atoms with Crippen molar-refractivity contribution in [1.82, 2.24) is 4.90 Å². The van der Waals surface area contributed by atoms with Crippen LogP contribution in [0.4, 0.5) is 5.69 Å². The Morgan fingerprint density at radius 2 is 1.91 bits per heavy atom. The third kappa shape index (κ3) is 3.48. The summed E-state index contributed by atoms with van der Waals surface area (Å²) in [5.74, 6) is 0.437. The van der Waals surface area contributed by atoms with Crippen LogP contribution in [0.25, 0.3) is 0 Å². The minimum Gasteiger partial charge on any atom is -0.342 e. The third-order valence-corrected chi connectivity index (χ3v) is 5.31. The van der Waals surface area contributed by atoms with Gasteiger partial charge in [0.15, 0.2) is 0 Å². The molecule has 2 aliphatic heterocycles. The first-order chi connectivity index (χ1) is 11.0. The van der Waals surface area contributed by atoms with Crippen molar-refractivity contribution in [3.05, 3.63) is 28.2 Å². The van der Waals surface area contributed by atoms with Crippen LogP contribution in [0.5, 0.6) is 0 Å². The Balaban J connectivity index is 1.71. The molecule has 2 aliphatic rings. The second-order valence-electron chi connectivity index (χ2n) is 6.51. The molecule has 23 heavy (non-hydrogen) atoms. The zero-order valence-corrected chi connectivity index (χ0v) is 14.6. The van der Waals surface area contributed by atoms with Gasteiger partial charge in [0, 0.05) is 31.1 Å². The lowest BCUT2D eigenvalue weighted by molar-refractivity contribution is -0.137. The molecule has 0 saturated carbocycles. The highest BCUT2D eigenvalue weighted by Crippen LogP contribution is 2.34. The zero-order chi connectivity index (χ0) is 16.6. The highest BCUT2D eigenvalue weighted by Gasteiger charge is 2.38. The molecular formula is C17H20Cl2N2O2. The van der Waals surface area contributed by atoms with Crippen LogP contribution in [0.2, 0.25) is 10.0 Å². The van der Waals surface area contributed by atoms with Gasteiger partial charge in [0.1, 0.15) is 0 Å². The van der Waals surface area contributed by atoms with E-state index in [1.54, 1.807) is 23.1 Å². The number of likely N-dealkylation sites (tertiary alicyclic amines) is 1. The Labute approximate surface area is 146 Å². The molecule has 2 amide bonds.